The molecule has 0 spiro atoms. The van der Waals surface area contributed by atoms with Gasteiger partial charge in [0, 0.05) is 5.56 Å². The Kier molecular flexibility index (Phi) is 3.98. The molecule has 0 amide bonds. The number of alkyl halides is 1. The summed E-state index contributed by atoms with van der Waals surface area (Å²) in [5.74, 6) is 2.16. The molecule has 3 N–H and O–H groups in total. The Bertz CT molecular complexity index is 841. The minimum absolute atomic E-state index is 0.204. The van der Waals surface area contributed by atoms with E-state index in [-0.39, 0.29) is 5.88 Å². The van der Waals surface area contributed by atoms with Crippen LogP contribution in [0.15, 0.2) is 47.5 Å². The van der Waals surface area contributed by atoms with Crippen LogP contribution in [0.3, 0.4) is 0 Å². The lowest BCUT2D eigenvalue weighted by Gasteiger charge is -2.01. The van der Waals surface area contributed by atoms with Gasteiger partial charge in [-0.3, -0.25) is 0 Å². The molecule has 2 aromatic carbocycles. The molecule has 112 valence electrons. The summed E-state index contributed by atoms with van der Waals surface area (Å²) in [6.07, 6.45) is 0. The summed E-state index contributed by atoms with van der Waals surface area (Å²) in [6.45, 7) is 0. The van der Waals surface area contributed by atoms with E-state index in [1.165, 1.54) is 0 Å². The lowest BCUT2D eigenvalue weighted by atomic mass is 10.2. The van der Waals surface area contributed by atoms with Gasteiger partial charge in [0.15, 0.2) is 0 Å². The van der Waals surface area contributed by atoms with Gasteiger partial charge in [-0.25, -0.2) is 9.98 Å². The fraction of sp³-hybridized carbons (Fsp3) is 0.125. The van der Waals surface area contributed by atoms with Crippen LogP contribution in [0.2, 0.25) is 0 Å². The van der Waals surface area contributed by atoms with Gasteiger partial charge in [0.05, 0.1) is 29.7 Å². The normalized spacial score (nSPS) is 11.8. The first-order valence-electron chi connectivity index (χ1n) is 6.73. The standard InChI is InChI=1S/C16H15ClN4O/c1-22-12-4-2-3-10(7-12)16-20-13-6-5-11(8-14(13)21-16)19-15(18)9-17/h2-8H,9H2,1H3,(H2,18,19)(H,20,21). The number of aromatic amines is 1. The number of hydrogen-bond acceptors (Lipinski definition) is 3. The Labute approximate surface area is 132 Å². The van der Waals surface area contributed by atoms with Crippen molar-refractivity contribution >= 4 is 34.2 Å². The average Bonchev–Trinajstić information content (AvgIpc) is 2.98. The van der Waals surface area contributed by atoms with Crippen LogP contribution in [0.5, 0.6) is 5.75 Å². The van der Waals surface area contributed by atoms with Crippen molar-refractivity contribution in [3.63, 3.8) is 0 Å². The number of halogens is 1. The number of hydrogen-bond donors (Lipinski definition) is 2. The maximum Gasteiger partial charge on any atom is 0.138 e. The summed E-state index contributed by atoms with van der Waals surface area (Å²) in [5, 5.41) is 0. The molecular formula is C16H15ClN4O. The van der Waals surface area contributed by atoms with Crippen molar-refractivity contribution in [2.45, 2.75) is 0 Å². The SMILES string of the molecule is COc1cccc(-c2nc3ccc(N=C(N)CCl)cc3[nH]2)c1. The first-order chi connectivity index (χ1) is 10.7. The number of fused-ring (bicyclic) bond motifs is 1. The quantitative estimate of drug-likeness (QED) is 0.440. The number of aromatic nitrogens is 2. The molecule has 0 saturated carbocycles. The van der Waals surface area contributed by atoms with E-state index in [0.29, 0.717) is 5.84 Å². The zero-order chi connectivity index (χ0) is 15.5. The van der Waals surface area contributed by atoms with Gasteiger partial charge in [0.2, 0.25) is 0 Å². The van der Waals surface area contributed by atoms with E-state index in [4.69, 9.17) is 22.1 Å². The second-order valence-electron chi connectivity index (χ2n) is 4.76. The van der Waals surface area contributed by atoms with Crippen molar-refractivity contribution in [2.75, 3.05) is 13.0 Å². The number of nitrogens with zero attached hydrogens (tertiary/aromatic N) is 2. The van der Waals surface area contributed by atoms with E-state index in [1.54, 1.807) is 7.11 Å². The first kappa shape index (κ1) is 14.4. The van der Waals surface area contributed by atoms with Crippen LogP contribution in [0.4, 0.5) is 5.69 Å². The molecule has 0 aliphatic heterocycles. The maximum absolute atomic E-state index is 5.66. The van der Waals surface area contributed by atoms with Crippen LogP contribution in [0.1, 0.15) is 0 Å². The minimum Gasteiger partial charge on any atom is -0.497 e. The molecule has 0 aliphatic rings. The molecular weight excluding hydrogens is 300 g/mol. The lowest BCUT2D eigenvalue weighted by molar-refractivity contribution is 0.415. The average molecular weight is 315 g/mol. The topological polar surface area (TPSA) is 76.3 Å². The number of imidazole rings is 1. The van der Waals surface area contributed by atoms with E-state index in [1.807, 2.05) is 42.5 Å². The molecule has 22 heavy (non-hydrogen) atoms. The Morgan fingerprint density at radius 3 is 2.95 bits per heavy atom. The third-order valence-corrected chi connectivity index (χ3v) is 3.49. The number of H-pyrrole nitrogens is 1. The van der Waals surface area contributed by atoms with Gasteiger partial charge in [-0.1, -0.05) is 12.1 Å². The van der Waals surface area contributed by atoms with E-state index in [2.05, 4.69) is 15.0 Å². The van der Waals surface area contributed by atoms with E-state index < -0.39 is 0 Å². The van der Waals surface area contributed by atoms with Crippen LogP contribution >= 0.6 is 11.6 Å². The molecule has 0 saturated heterocycles. The highest BCUT2D eigenvalue weighted by atomic mass is 35.5. The van der Waals surface area contributed by atoms with Crippen LogP contribution in [-0.4, -0.2) is 28.8 Å². The van der Waals surface area contributed by atoms with Gasteiger partial charge in [-0.2, -0.15) is 0 Å². The van der Waals surface area contributed by atoms with Crippen molar-refractivity contribution in [1.29, 1.82) is 0 Å². The summed E-state index contributed by atoms with van der Waals surface area (Å²) < 4.78 is 5.24. The van der Waals surface area contributed by atoms with Crippen molar-refractivity contribution in [2.24, 2.45) is 10.7 Å². The van der Waals surface area contributed by atoms with Crippen LogP contribution in [0.25, 0.3) is 22.4 Å². The van der Waals surface area contributed by atoms with Crippen LogP contribution in [0, 0.1) is 0 Å². The van der Waals surface area contributed by atoms with Gasteiger partial charge >= 0.3 is 0 Å². The highest BCUT2D eigenvalue weighted by Crippen LogP contribution is 2.26. The number of ether oxygens (including phenoxy) is 1. The molecule has 6 heteroatoms. The lowest BCUT2D eigenvalue weighted by Crippen LogP contribution is -2.12. The molecule has 0 aliphatic carbocycles. The molecule has 3 rings (SSSR count). The Morgan fingerprint density at radius 1 is 1.32 bits per heavy atom. The largest absolute Gasteiger partial charge is 0.497 e. The second kappa shape index (κ2) is 6.07. The molecule has 0 unspecified atom stereocenters. The highest BCUT2D eigenvalue weighted by molar-refractivity contribution is 6.28. The number of benzene rings is 2. The van der Waals surface area contributed by atoms with Gasteiger partial charge in [-0.05, 0) is 30.3 Å². The Balaban J connectivity index is 2.02. The third kappa shape index (κ3) is 2.89. The molecule has 0 atom stereocenters. The number of aliphatic imine (C=N–C) groups is 1. The maximum atomic E-state index is 5.66. The molecule has 1 aromatic heterocycles. The Hall–Kier alpha value is -2.53. The van der Waals surface area contributed by atoms with E-state index >= 15 is 0 Å². The number of methoxy groups -OCH3 is 1. The molecule has 0 radical (unpaired) electrons. The molecule has 0 bridgehead atoms. The smallest absolute Gasteiger partial charge is 0.138 e. The molecule has 0 fully saturated rings. The van der Waals surface area contributed by atoms with Crippen LogP contribution < -0.4 is 10.5 Å². The predicted molar refractivity (Wildman–Crippen MR) is 90.1 cm³/mol. The summed E-state index contributed by atoms with van der Waals surface area (Å²) in [7, 11) is 1.64. The van der Waals surface area contributed by atoms with Gasteiger partial charge < -0.3 is 15.5 Å². The van der Waals surface area contributed by atoms with Crippen molar-refractivity contribution in [3.05, 3.63) is 42.5 Å². The summed E-state index contributed by atoms with van der Waals surface area (Å²) in [4.78, 5) is 12.1. The van der Waals surface area contributed by atoms with E-state index in [0.717, 1.165) is 33.9 Å². The Morgan fingerprint density at radius 2 is 2.18 bits per heavy atom. The number of nitrogens with one attached hydrogen (secondary N) is 1. The minimum atomic E-state index is 0.204. The zero-order valence-corrected chi connectivity index (χ0v) is 12.8. The molecule has 5 nitrogen and oxygen atoms in total. The highest BCUT2D eigenvalue weighted by Gasteiger charge is 2.07. The molecule has 3 aromatic rings. The van der Waals surface area contributed by atoms with Gasteiger partial charge in [-0.15, -0.1) is 11.6 Å². The predicted octanol–water partition coefficient (Wildman–Crippen LogP) is 3.47. The van der Waals surface area contributed by atoms with Crippen LogP contribution in [-0.2, 0) is 0 Å². The molecule has 1 heterocycles. The number of amidine groups is 1. The van der Waals surface area contributed by atoms with Gasteiger partial charge in [0.25, 0.3) is 0 Å². The summed E-state index contributed by atoms with van der Waals surface area (Å²) in [6, 6.07) is 13.4. The summed E-state index contributed by atoms with van der Waals surface area (Å²) in [5.41, 5.74) is 9.11. The van der Waals surface area contributed by atoms with Crippen molar-refractivity contribution < 1.29 is 4.74 Å². The van der Waals surface area contributed by atoms with Crippen molar-refractivity contribution in [1.82, 2.24) is 9.97 Å². The third-order valence-electron chi connectivity index (χ3n) is 3.22. The first-order valence-corrected chi connectivity index (χ1v) is 7.26. The fourth-order valence-electron chi connectivity index (χ4n) is 2.17. The van der Waals surface area contributed by atoms with Gasteiger partial charge in [0.1, 0.15) is 17.4 Å². The fourth-order valence-corrected chi connectivity index (χ4v) is 2.23. The van der Waals surface area contributed by atoms with Crippen molar-refractivity contribution in [3.8, 4) is 17.1 Å². The monoisotopic (exact) mass is 314 g/mol. The second-order valence-corrected chi connectivity index (χ2v) is 5.02. The summed E-state index contributed by atoms with van der Waals surface area (Å²) >= 11 is 5.65. The zero-order valence-electron chi connectivity index (χ0n) is 12.0. The number of nitrogens with two attached hydrogens (primary N) is 1. The number of rotatable bonds is 4. The van der Waals surface area contributed by atoms with E-state index in [9.17, 15) is 0 Å².